The second-order valence-electron chi connectivity index (χ2n) is 10.2. The summed E-state index contributed by atoms with van der Waals surface area (Å²) in [6.45, 7) is 14.5. The first-order chi connectivity index (χ1) is 23.9. The molecule has 0 saturated carbocycles. The summed E-state index contributed by atoms with van der Waals surface area (Å²) >= 11 is 0. The third-order valence-corrected chi connectivity index (χ3v) is 7.39. The molecular formula is C40H41N2O6Si2W2+. The number of cyclic esters (lactones) is 2. The van der Waals surface area contributed by atoms with Crippen LogP contribution in [0.3, 0.4) is 0 Å². The quantitative estimate of drug-likeness (QED) is 0.0427. The number of nitrogens with two attached hydrogens (primary N) is 1. The summed E-state index contributed by atoms with van der Waals surface area (Å²) in [6.07, 6.45) is 14.9. The summed E-state index contributed by atoms with van der Waals surface area (Å²) in [5, 5.41) is 11.6. The Morgan fingerprint density at radius 1 is 0.827 bits per heavy atom. The number of esters is 2. The summed E-state index contributed by atoms with van der Waals surface area (Å²) in [7, 11) is -0.655. The largest absolute Gasteiger partial charge is 2.00 e. The van der Waals surface area contributed by atoms with E-state index >= 15 is 0 Å². The van der Waals surface area contributed by atoms with Crippen molar-refractivity contribution >= 4 is 41.4 Å². The zero-order valence-corrected chi connectivity index (χ0v) is 37.4. The number of hydrogen-bond donors (Lipinski definition) is 3. The predicted octanol–water partition coefficient (Wildman–Crippen LogP) is 6.00. The predicted molar refractivity (Wildman–Crippen MR) is 202 cm³/mol. The van der Waals surface area contributed by atoms with Crippen LogP contribution in [0.4, 0.5) is 0 Å². The standard InChI is InChI=1S/C11H13NO3Si.C8H3O3.2C8H5.C3H10NSi.C2H4.2W/c1-16(2)7-12-10(13)8-5-3-4-6-9(8)11(14)15;9-7-5-3-1-2-4-6(5)8(10)11-7;2*1-2-8-6-4-3-5-7-8;1-5(2)3-4;1-2;;/h4-6H,7H2,1-2H3,(H,12,13)(H,14,15);1,3-4H;2*3-7H;3-4H2,1-2H3;1-2H2;;/q4*-1;;;2*+2/p+1. The van der Waals surface area contributed by atoms with Gasteiger partial charge in [-0.2, -0.15) is 42.5 Å². The van der Waals surface area contributed by atoms with E-state index in [-0.39, 0.29) is 73.9 Å². The monoisotopic (exact) mass is 1070 g/mol. The van der Waals surface area contributed by atoms with Crippen molar-refractivity contribution in [2.75, 3.05) is 12.3 Å². The molecule has 0 aromatic heterocycles. The maximum atomic E-state index is 11.7. The third kappa shape index (κ3) is 21.7. The van der Waals surface area contributed by atoms with Crippen molar-refractivity contribution in [1.82, 2.24) is 5.32 Å². The van der Waals surface area contributed by atoms with Crippen molar-refractivity contribution in [3.05, 3.63) is 169 Å². The van der Waals surface area contributed by atoms with Crippen LogP contribution >= 0.6 is 0 Å². The molecule has 4 aromatic carbocycles. The Morgan fingerprint density at radius 3 is 1.67 bits per heavy atom. The van der Waals surface area contributed by atoms with Crippen LogP contribution in [-0.2, 0) is 46.9 Å². The van der Waals surface area contributed by atoms with Crippen molar-refractivity contribution in [3.63, 3.8) is 0 Å². The third-order valence-electron chi connectivity index (χ3n) is 5.69. The van der Waals surface area contributed by atoms with Crippen LogP contribution < -0.4 is 11.1 Å². The molecule has 5 rings (SSSR count). The van der Waals surface area contributed by atoms with Crippen LogP contribution in [-0.4, -0.2) is 63.6 Å². The Balaban J connectivity index is -0.000000591. The summed E-state index contributed by atoms with van der Waals surface area (Å²) in [5.41, 5.74) is 7.85. The van der Waals surface area contributed by atoms with E-state index in [1.54, 1.807) is 12.1 Å². The number of hydrogen-bond acceptors (Lipinski definition) is 5. The molecule has 0 saturated heterocycles. The fourth-order valence-electron chi connectivity index (χ4n) is 3.18. The van der Waals surface area contributed by atoms with Gasteiger partial charge in [-0.3, -0.25) is 16.6 Å². The van der Waals surface area contributed by atoms with Crippen LogP contribution in [0, 0.1) is 36.8 Å². The van der Waals surface area contributed by atoms with E-state index in [9.17, 15) is 14.4 Å². The number of carboxylic acids is 1. The van der Waals surface area contributed by atoms with Gasteiger partial charge in [0.05, 0.1) is 17.6 Å². The Labute approximate surface area is 340 Å². The van der Waals surface area contributed by atoms with Gasteiger partial charge in [-0.1, -0.05) is 68.1 Å². The zero-order chi connectivity index (χ0) is 37.9. The number of carbonyl (C=O) groups is 3. The van der Waals surface area contributed by atoms with Gasteiger partial charge in [0.2, 0.25) is 0 Å². The molecule has 0 unspecified atom stereocenters. The van der Waals surface area contributed by atoms with E-state index in [0.29, 0.717) is 17.3 Å². The molecule has 5 N–H and O–H groups in total. The van der Waals surface area contributed by atoms with Crippen molar-refractivity contribution in [1.29, 1.82) is 0 Å². The van der Waals surface area contributed by atoms with Crippen molar-refractivity contribution in [3.8, 4) is 11.8 Å². The number of ether oxygens (including phenoxy) is 1. The smallest absolute Gasteiger partial charge is 0.479 e. The molecule has 1 aliphatic heterocycles. The van der Waals surface area contributed by atoms with E-state index < -0.39 is 20.7 Å². The molecule has 0 bridgehead atoms. The molecule has 0 fully saturated rings. The van der Waals surface area contributed by atoms with E-state index in [1.807, 2.05) is 60.7 Å². The fraction of sp³-hybridized carbons (Fsp3) is 0.150. The molecule has 12 heteroatoms. The van der Waals surface area contributed by atoms with E-state index in [2.05, 4.69) is 73.4 Å². The molecule has 1 aliphatic rings. The maximum absolute atomic E-state index is 11.7. The molecule has 1 heterocycles. The van der Waals surface area contributed by atoms with Crippen molar-refractivity contribution < 1.29 is 71.2 Å². The molecule has 266 valence electrons. The van der Waals surface area contributed by atoms with Crippen LogP contribution in [0.15, 0.2) is 110 Å². The van der Waals surface area contributed by atoms with Gasteiger partial charge in [0.15, 0.2) is 5.91 Å². The first-order valence-corrected chi connectivity index (χ1v) is 20.4. The number of amides is 1. The van der Waals surface area contributed by atoms with Crippen LogP contribution in [0.25, 0.3) is 0 Å². The minimum absolute atomic E-state index is 0. The summed E-state index contributed by atoms with van der Waals surface area (Å²) in [5.74, 6) is 2.27. The van der Waals surface area contributed by atoms with Crippen molar-refractivity contribution in [2.24, 2.45) is 5.73 Å². The first kappa shape index (κ1) is 52.0. The number of benzene rings is 4. The Morgan fingerprint density at radius 2 is 1.29 bits per heavy atom. The number of rotatable bonds is 5. The van der Waals surface area contributed by atoms with Gasteiger partial charge in [0.1, 0.15) is 0 Å². The molecule has 2 radical (unpaired) electrons. The van der Waals surface area contributed by atoms with E-state index in [4.69, 9.17) is 28.5 Å². The molecule has 52 heavy (non-hydrogen) atoms. The zero-order valence-electron chi connectivity index (χ0n) is 29.5. The van der Waals surface area contributed by atoms with Gasteiger partial charge in [-0.05, 0) is 11.7 Å². The topological polar surface area (TPSA) is 140 Å². The Bertz CT molecular complexity index is 1640. The van der Waals surface area contributed by atoms with Crippen molar-refractivity contribution in [2.45, 2.75) is 26.2 Å². The summed E-state index contributed by atoms with van der Waals surface area (Å²) in [4.78, 5) is 42.4. The Hall–Kier alpha value is -4.41. The summed E-state index contributed by atoms with van der Waals surface area (Å²) < 4.78 is 4.44. The Kier molecular flexibility index (Phi) is 31.3. The second-order valence-corrected chi connectivity index (χ2v) is 15.8. The van der Waals surface area contributed by atoms with Gasteiger partial charge in [-0.15, -0.1) is 54.6 Å². The van der Waals surface area contributed by atoms with Crippen LogP contribution in [0.1, 0.15) is 47.8 Å². The minimum Gasteiger partial charge on any atom is -0.479 e. The van der Waals surface area contributed by atoms with Crippen LogP contribution in [0.2, 0.25) is 26.2 Å². The van der Waals surface area contributed by atoms with Gasteiger partial charge in [-0.25, -0.2) is 14.3 Å². The first-order valence-electron chi connectivity index (χ1n) is 15.0. The van der Waals surface area contributed by atoms with E-state index in [0.717, 1.165) is 17.3 Å². The number of nitrogens with one attached hydrogen (secondary N) is 1. The molecular weight excluding hydrogens is 1030 g/mol. The number of fused-ring (bicyclic) bond motifs is 1. The number of carbonyl (C=O) groups excluding carboxylic acids is 3. The van der Waals surface area contributed by atoms with Gasteiger partial charge >= 0.3 is 60.0 Å². The molecule has 8 nitrogen and oxygen atoms in total. The average Bonchev–Trinajstić information content (AvgIpc) is 3.45. The molecule has 0 spiro atoms. The van der Waals surface area contributed by atoms with Crippen LogP contribution in [0.5, 0.6) is 0 Å². The minimum atomic E-state index is -1.10. The molecule has 1 amide bonds. The molecule has 0 aliphatic carbocycles. The van der Waals surface area contributed by atoms with Gasteiger partial charge < -0.3 is 33.8 Å². The normalized spacial score (nSPS) is 9.63. The molecule has 4 aromatic rings. The maximum Gasteiger partial charge on any atom is 2.00 e. The van der Waals surface area contributed by atoms with E-state index in [1.165, 1.54) is 24.3 Å². The molecule has 0 atom stereocenters. The summed E-state index contributed by atoms with van der Waals surface area (Å²) in [6, 6.07) is 33.1. The van der Waals surface area contributed by atoms with Gasteiger partial charge in [0, 0.05) is 17.3 Å². The fourth-order valence-corrected chi connectivity index (χ4v) is 3.70. The SMILES string of the molecule is C=C.C[Si](C)CN.C[Si](C)CNC(=O)c1c[c-]ccc1C(=O)O.O=C1OC(=[OH+])c2cc[c-]cc21.[C-]#Cc1ccccc1.[C-]#Cc1ccccc1.[W+2].[W+2]. The number of carboxylic acid groups (broad SMARTS) is 1. The second kappa shape index (κ2) is 31.3. The van der Waals surface area contributed by atoms with Gasteiger partial charge in [0.25, 0.3) is 0 Å². The average molecular weight is 1070 g/mol. The number of aromatic carboxylic acids is 1.